The van der Waals surface area contributed by atoms with Gasteiger partial charge in [0.1, 0.15) is 5.82 Å². The Bertz CT molecular complexity index is 1170. The molecule has 0 bridgehead atoms. The number of pyridine rings is 2. The number of benzene rings is 1. The third-order valence-corrected chi connectivity index (χ3v) is 5.21. The molecule has 2 heterocycles. The van der Waals surface area contributed by atoms with E-state index in [1.165, 1.54) is 18.3 Å². The van der Waals surface area contributed by atoms with Gasteiger partial charge in [0, 0.05) is 23.3 Å². The minimum absolute atomic E-state index is 0.157. The van der Waals surface area contributed by atoms with Gasteiger partial charge in [-0.25, -0.2) is 22.2 Å². The summed E-state index contributed by atoms with van der Waals surface area (Å²) in [5.41, 5.74) is 2.57. The Kier molecular flexibility index (Phi) is 6.13. The second kappa shape index (κ2) is 8.42. The highest BCUT2D eigenvalue weighted by molar-refractivity contribution is 9.10. The Morgan fingerprint density at radius 1 is 1.10 bits per heavy atom. The molecule has 2 N–H and O–H groups in total. The average Bonchev–Trinajstić information content (AvgIpc) is 2.62. The van der Waals surface area contributed by atoms with Crippen molar-refractivity contribution in [2.45, 2.75) is 13.3 Å². The highest BCUT2D eigenvalue weighted by atomic mass is 79.9. The van der Waals surface area contributed by atoms with Gasteiger partial charge in [0.05, 0.1) is 23.8 Å². The van der Waals surface area contributed by atoms with E-state index in [9.17, 15) is 17.2 Å². The summed E-state index contributed by atoms with van der Waals surface area (Å²) in [4.78, 5) is 7.89. The molecule has 0 unspecified atom stereocenters. The first-order valence-electron chi connectivity index (χ1n) is 8.41. The van der Waals surface area contributed by atoms with Crippen molar-refractivity contribution in [1.82, 2.24) is 9.97 Å². The molecule has 0 atom stereocenters. The zero-order valence-corrected chi connectivity index (χ0v) is 17.9. The Morgan fingerprint density at radius 3 is 2.55 bits per heavy atom. The Labute approximate surface area is 175 Å². The number of nitrogens with one attached hydrogen (secondary N) is 2. The maximum absolute atomic E-state index is 14.7. The summed E-state index contributed by atoms with van der Waals surface area (Å²) in [6, 6.07) is 6.12. The van der Waals surface area contributed by atoms with Crippen molar-refractivity contribution in [3.63, 3.8) is 0 Å². The zero-order valence-electron chi connectivity index (χ0n) is 15.5. The summed E-state index contributed by atoms with van der Waals surface area (Å²) in [6.07, 6.45) is 5.55. The van der Waals surface area contributed by atoms with Gasteiger partial charge in [-0.1, -0.05) is 15.9 Å². The molecule has 3 aromatic rings. The van der Waals surface area contributed by atoms with Gasteiger partial charge in [0.25, 0.3) is 0 Å². The lowest BCUT2D eigenvalue weighted by atomic mass is 10.0. The molecular weight excluding hydrogens is 466 g/mol. The molecule has 0 saturated carbocycles. The van der Waals surface area contributed by atoms with Gasteiger partial charge in [-0.3, -0.25) is 9.71 Å². The molecule has 0 amide bonds. The van der Waals surface area contributed by atoms with E-state index in [-0.39, 0.29) is 23.5 Å². The van der Waals surface area contributed by atoms with Crippen LogP contribution < -0.4 is 10.0 Å². The summed E-state index contributed by atoms with van der Waals surface area (Å²) in [5, 5.41) is 2.99. The van der Waals surface area contributed by atoms with Crippen LogP contribution >= 0.6 is 15.9 Å². The summed E-state index contributed by atoms with van der Waals surface area (Å²) in [7, 11) is -3.66. The van der Waals surface area contributed by atoms with E-state index in [0.29, 0.717) is 15.7 Å². The van der Waals surface area contributed by atoms with Gasteiger partial charge in [0.15, 0.2) is 11.6 Å². The maximum Gasteiger partial charge on any atom is 0.231 e. The number of hydrogen-bond acceptors (Lipinski definition) is 5. The van der Waals surface area contributed by atoms with Crippen molar-refractivity contribution >= 4 is 43.1 Å². The number of rotatable bonds is 6. The molecule has 152 valence electrons. The molecule has 0 aliphatic heterocycles. The van der Waals surface area contributed by atoms with E-state index < -0.39 is 21.7 Å². The van der Waals surface area contributed by atoms with Gasteiger partial charge < -0.3 is 5.32 Å². The second-order valence-corrected chi connectivity index (χ2v) is 9.07. The minimum Gasteiger partial charge on any atom is -0.352 e. The smallest absolute Gasteiger partial charge is 0.231 e. The van der Waals surface area contributed by atoms with Crippen LogP contribution in [0, 0.1) is 18.6 Å². The molecule has 0 radical (unpaired) electrons. The molecular formula is C19H17BrF2N4O2S. The van der Waals surface area contributed by atoms with Crippen LogP contribution in [-0.4, -0.2) is 24.6 Å². The van der Waals surface area contributed by atoms with Crippen LogP contribution in [0.25, 0.3) is 0 Å². The largest absolute Gasteiger partial charge is 0.352 e. The number of aromatic nitrogens is 2. The molecule has 1 aromatic carbocycles. The third kappa shape index (κ3) is 5.27. The van der Waals surface area contributed by atoms with Gasteiger partial charge in [-0.2, -0.15) is 0 Å². The average molecular weight is 483 g/mol. The van der Waals surface area contributed by atoms with Gasteiger partial charge in [0.2, 0.25) is 10.0 Å². The molecule has 6 nitrogen and oxygen atoms in total. The molecule has 0 aliphatic rings. The quantitative estimate of drug-likeness (QED) is 0.538. The molecule has 29 heavy (non-hydrogen) atoms. The van der Waals surface area contributed by atoms with Gasteiger partial charge >= 0.3 is 0 Å². The van der Waals surface area contributed by atoms with Crippen LogP contribution in [0.3, 0.4) is 0 Å². The van der Waals surface area contributed by atoms with Crippen molar-refractivity contribution in [3.05, 3.63) is 75.7 Å². The first-order chi connectivity index (χ1) is 13.6. The molecule has 2 aromatic heterocycles. The lowest BCUT2D eigenvalue weighted by Gasteiger charge is -2.14. The maximum atomic E-state index is 14.7. The monoisotopic (exact) mass is 482 g/mol. The molecule has 0 aliphatic carbocycles. The fraction of sp³-hybridized carbons (Fsp3) is 0.158. The Morgan fingerprint density at radius 2 is 1.86 bits per heavy atom. The summed E-state index contributed by atoms with van der Waals surface area (Å²) >= 11 is 3.21. The number of halogens is 3. The van der Waals surface area contributed by atoms with Crippen LogP contribution in [0.5, 0.6) is 0 Å². The SMILES string of the molecule is Cc1c(Cc2ccnc(NS(C)(=O)=O)c2F)cncc1Nc1ccc(Br)cc1F. The van der Waals surface area contributed by atoms with Gasteiger partial charge in [-0.15, -0.1) is 0 Å². The van der Waals surface area contributed by atoms with Crippen LogP contribution in [0.15, 0.2) is 47.3 Å². The summed E-state index contributed by atoms with van der Waals surface area (Å²) in [6.45, 7) is 1.81. The molecule has 0 spiro atoms. The highest BCUT2D eigenvalue weighted by Gasteiger charge is 2.15. The molecule has 3 rings (SSSR count). The van der Waals surface area contributed by atoms with Crippen molar-refractivity contribution in [1.29, 1.82) is 0 Å². The van der Waals surface area contributed by atoms with E-state index in [0.717, 1.165) is 11.8 Å². The van der Waals surface area contributed by atoms with E-state index in [1.807, 2.05) is 6.92 Å². The topological polar surface area (TPSA) is 84.0 Å². The van der Waals surface area contributed by atoms with Crippen molar-refractivity contribution < 1.29 is 17.2 Å². The van der Waals surface area contributed by atoms with E-state index in [4.69, 9.17) is 0 Å². The van der Waals surface area contributed by atoms with Crippen LogP contribution in [0.1, 0.15) is 16.7 Å². The second-order valence-electron chi connectivity index (χ2n) is 6.40. The molecule has 0 fully saturated rings. The lowest BCUT2D eigenvalue weighted by Crippen LogP contribution is -2.13. The van der Waals surface area contributed by atoms with E-state index in [2.05, 4.69) is 35.9 Å². The first kappa shape index (κ1) is 21.1. The number of anilines is 3. The van der Waals surface area contributed by atoms with Crippen molar-refractivity contribution in [2.75, 3.05) is 16.3 Å². The van der Waals surface area contributed by atoms with Crippen LogP contribution in [0.2, 0.25) is 0 Å². The van der Waals surface area contributed by atoms with Crippen LogP contribution in [0.4, 0.5) is 26.0 Å². The standard InChI is InChI=1S/C19H17BrF2N4O2S/c1-11-13(7-12-5-6-24-19(18(12)22)26-29(2,27)28)9-23-10-17(11)25-16-4-3-14(20)8-15(16)21/h3-6,8-10,25H,7H2,1-2H3,(H,24,26). The highest BCUT2D eigenvalue weighted by Crippen LogP contribution is 2.28. The number of hydrogen-bond donors (Lipinski definition) is 2. The number of sulfonamides is 1. The normalized spacial score (nSPS) is 11.3. The first-order valence-corrected chi connectivity index (χ1v) is 11.1. The third-order valence-electron chi connectivity index (χ3n) is 4.15. The van der Waals surface area contributed by atoms with E-state index in [1.54, 1.807) is 24.5 Å². The molecule has 0 saturated heterocycles. The fourth-order valence-electron chi connectivity index (χ4n) is 2.68. The Balaban J connectivity index is 1.90. The lowest BCUT2D eigenvalue weighted by molar-refractivity contribution is 0.599. The Hall–Kier alpha value is -2.59. The number of nitrogens with zero attached hydrogens (tertiary/aromatic N) is 2. The van der Waals surface area contributed by atoms with Crippen molar-refractivity contribution in [2.24, 2.45) is 0 Å². The zero-order chi connectivity index (χ0) is 21.2. The van der Waals surface area contributed by atoms with E-state index >= 15 is 0 Å². The summed E-state index contributed by atoms with van der Waals surface area (Å²) < 4.78 is 54.2. The van der Waals surface area contributed by atoms with Crippen molar-refractivity contribution in [3.8, 4) is 0 Å². The minimum atomic E-state index is -3.66. The predicted molar refractivity (Wildman–Crippen MR) is 112 cm³/mol. The molecule has 10 heteroatoms. The van der Waals surface area contributed by atoms with Gasteiger partial charge in [-0.05, 0) is 47.9 Å². The fourth-order valence-corrected chi connectivity index (χ4v) is 3.51. The van der Waals surface area contributed by atoms with Crippen LogP contribution in [-0.2, 0) is 16.4 Å². The predicted octanol–water partition coefficient (Wildman–Crippen LogP) is 4.53. The summed E-state index contributed by atoms with van der Waals surface area (Å²) in [5.74, 6) is -1.54.